The van der Waals surface area contributed by atoms with Crippen LogP contribution in [0.5, 0.6) is 0 Å². The minimum Gasteiger partial charge on any atom is -0.463 e. The second-order valence-electron chi connectivity index (χ2n) is 10.5. The monoisotopic (exact) mass is 542 g/mol. The van der Waals surface area contributed by atoms with Gasteiger partial charge in [0.05, 0.1) is 17.1 Å². The zero-order valence-corrected chi connectivity index (χ0v) is 23.2. The summed E-state index contributed by atoms with van der Waals surface area (Å²) < 4.78 is 33.6. The quantitative estimate of drug-likeness (QED) is 0.0909. The van der Waals surface area contributed by atoms with Gasteiger partial charge in [-0.15, -0.1) is 11.3 Å². The van der Waals surface area contributed by atoms with Crippen molar-refractivity contribution < 1.29 is 28.2 Å². The Balaban J connectivity index is 1.39. The Kier molecular flexibility index (Phi) is 10.7. The summed E-state index contributed by atoms with van der Waals surface area (Å²) >= 11 is 1.46. The summed E-state index contributed by atoms with van der Waals surface area (Å²) in [6, 6.07) is 9.81. The molecule has 2 fully saturated rings. The van der Waals surface area contributed by atoms with Crippen molar-refractivity contribution in [2.75, 3.05) is 6.61 Å². The second kappa shape index (κ2) is 14.2. The third-order valence-electron chi connectivity index (χ3n) is 7.14. The van der Waals surface area contributed by atoms with Gasteiger partial charge in [-0.2, -0.15) is 0 Å². The van der Waals surface area contributed by atoms with Crippen LogP contribution in [0, 0.1) is 11.8 Å². The van der Waals surface area contributed by atoms with Crippen LogP contribution in [0.25, 0.3) is 10.1 Å². The maximum atomic E-state index is 15.3. The zero-order chi connectivity index (χ0) is 26.9. The van der Waals surface area contributed by atoms with Crippen LogP contribution in [0.3, 0.4) is 0 Å². The van der Waals surface area contributed by atoms with Crippen molar-refractivity contribution in [1.82, 2.24) is 0 Å². The van der Waals surface area contributed by atoms with Crippen molar-refractivity contribution in [2.24, 2.45) is 11.8 Å². The van der Waals surface area contributed by atoms with Gasteiger partial charge in [0.15, 0.2) is 12.1 Å². The molecule has 1 aromatic carbocycles. The van der Waals surface area contributed by atoms with E-state index in [4.69, 9.17) is 14.2 Å². The second-order valence-corrected chi connectivity index (χ2v) is 11.6. The Bertz CT molecular complexity index is 1080. The Morgan fingerprint density at radius 3 is 2.82 bits per heavy atom. The fourth-order valence-electron chi connectivity index (χ4n) is 5.25. The summed E-state index contributed by atoms with van der Waals surface area (Å²) in [5, 5.41) is 1.04. The first-order chi connectivity index (χ1) is 18.4. The minimum atomic E-state index is -1.08. The third kappa shape index (κ3) is 8.08. The van der Waals surface area contributed by atoms with Crippen LogP contribution in [0.15, 0.2) is 54.6 Å². The molecule has 206 valence electrons. The van der Waals surface area contributed by atoms with Gasteiger partial charge in [0, 0.05) is 30.1 Å². The Morgan fingerprint density at radius 2 is 2.05 bits per heavy atom. The number of carbonyl (C=O) groups excluding carboxylic acids is 2. The van der Waals surface area contributed by atoms with Gasteiger partial charge in [0.25, 0.3) is 0 Å². The lowest BCUT2D eigenvalue weighted by molar-refractivity contribution is -0.195. The van der Waals surface area contributed by atoms with Gasteiger partial charge >= 0.3 is 5.97 Å². The number of rotatable bonds is 12. The van der Waals surface area contributed by atoms with Crippen molar-refractivity contribution in [3.8, 4) is 0 Å². The Labute approximate surface area is 229 Å². The smallest absolute Gasteiger partial charge is 0.306 e. The lowest BCUT2D eigenvalue weighted by Gasteiger charge is -2.29. The number of ketones is 1. The molecule has 38 heavy (non-hydrogen) atoms. The molecule has 0 radical (unpaired) electrons. The predicted molar refractivity (Wildman–Crippen MR) is 149 cm³/mol. The third-order valence-corrected chi connectivity index (χ3v) is 8.27. The van der Waals surface area contributed by atoms with E-state index in [2.05, 4.69) is 6.08 Å². The molecule has 1 aliphatic carbocycles. The summed E-state index contributed by atoms with van der Waals surface area (Å²) in [7, 11) is 0. The van der Waals surface area contributed by atoms with Crippen LogP contribution in [0.2, 0.25) is 0 Å². The van der Waals surface area contributed by atoms with Crippen molar-refractivity contribution in [2.45, 2.75) is 89.9 Å². The molecule has 2 aromatic rings. The van der Waals surface area contributed by atoms with E-state index < -0.39 is 12.1 Å². The number of esters is 1. The highest BCUT2D eigenvalue weighted by molar-refractivity contribution is 7.21. The highest BCUT2D eigenvalue weighted by atomic mass is 32.1. The largest absolute Gasteiger partial charge is 0.463 e. The molecular weight excluding hydrogens is 503 g/mol. The van der Waals surface area contributed by atoms with Crippen LogP contribution in [0.4, 0.5) is 4.39 Å². The van der Waals surface area contributed by atoms with E-state index in [0.717, 1.165) is 35.8 Å². The number of carbonyl (C=O) groups is 2. The van der Waals surface area contributed by atoms with E-state index in [1.807, 2.05) is 50.3 Å². The number of benzene rings is 1. The molecule has 7 heteroatoms. The van der Waals surface area contributed by atoms with Crippen LogP contribution in [0.1, 0.15) is 74.9 Å². The fraction of sp³-hybridized carbons (Fsp3) is 0.548. The van der Waals surface area contributed by atoms with E-state index in [9.17, 15) is 9.59 Å². The molecule has 2 heterocycles. The Hall–Kier alpha value is -2.35. The van der Waals surface area contributed by atoms with Gasteiger partial charge in [-0.25, -0.2) is 4.39 Å². The number of fused-ring (bicyclic) bond motifs is 1. The maximum Gasteiger partial charge on any atom is 0.306 e. The molecule has 0 spiro atoms. The van der Waals surface area contributed by atoms with E-state index in [1.54, 1.807) is 12.2 Å². The lowest BCUT2D eigenvalue weighted by Crippen LogP contribution is -2.31. The number of alkyl halides is 1. The molecule has 1 aromatic heterocycles. The number of unbranched alkanes of at least 4 members (excludes halogenated alkanes) is 1. The topological polar surface area (TPSA) is 61.8 Å². The molecule has 1 saturated carbocycles. The first-order valence-corrected chi connectivity index (χ1v) is 14.7. The normalized spacial score (nSPS) is 26.2. The van der Waals surface area contributed by atoms with Gasteiger partial charge in [-0.1, -0.05) is 36.4 Å². The number of hydrogen-bond acceptors (Lipinski definition) is 6. The molecule has 1 saturated heterocycles. The van der Waals surface area contributed by atoms with Crippen LogP contribution in [-0.4, -0.2) is 43.0 Å². The van der Waals surface area contributed by atoms with Gasteiger partial charge in [0.2, 0.25) is 0 Å². The molecule has 5 nitrogen and oxygen atoms in total. The van der Waals surface area contributed by atoms with Crippen LogP contribution < -0.4 is 0 Å². The average molecular weight is 543 g/mol. The number of thiophene rings is 1. The summed E-state index contributed by atoms with van der Waals surface area (Å²) in [5.41, 5.74) is 0. The summed E-state index contributed by atoms with van der Waals surface area (Å²) in [4.78, 5) is 25.3. The molecule has 0 amide bonds. The van der Waals surface area contributed by atoms with Crippen molar-refractivity contribution >= 4 is 33.2 Å². The van der Waals surface area contributed by atoms with Crippen molar-refractivity contribution in [3.05, 3.63) is 59.5 Å². The van der Waals surface area contributed by atoms with Crippen LogP contribution >= 0.6 is 11.3 Å². The first kappa shape index (κ1) is 28.7. The van der Waals surface area contributed by atoms with Gasteiger partial charge in [-0.3, -0.25) is 9.59 Å². The standard InChI is InChI=1S/C31H39FO5S/c1-21(2)36-30(34)14-6-4-3-5-12-24-23(25(32)20-27(24)37-31-15-9-10-18-35-31)16-17-26(33)29-19-22-11-7-8-13-28(22)38-29/h3,5,7-8,11,13,16-17,19,21,23-25,27,31H,4,6,9-10,12,14-15,18,20H2,1-2H3/t23-,24+,25-,27+,31?/m0/s1. The predicted octanol–water partition coefficient (Wildman–Crippen LogP) is 7.59. The molecule has 2 aliphatic rings. The molecule has 4 rings (SSSR count). The van der Waals surface area contributed by atoms with E-state index in [1.165, 1.54) is 11.3 Å². The fourth-order valence-corrected chi connectivity index (χ4v) is 6.24. The molecule has 5 atom stereocenters. The average Bonchev–Trinajstić information content (AvgIpc) is 3.45. The van der Waals surface area contributed by atoms with E-state index >= 15 is 4.39 Å². The first-order valence-electron chi connectivity index (χ1n) is 13.9. The number of hydrogen-bond donors (Lipinski definition) is 0. The number of halogens is 1. The summed E-state index contributed by atoms with van der Waals surface area (Å²) in [6.07, 6.45) is 11.3. The molecule has 1 unspecified atom stereocenters. The SMILES string of the molecule is CC(C)OC(=O)CCCC=CC[C@@H]1[C@H](C=CC(=O)c2cc3ccccc3s2)[C@@H](F)C[C@H]1OC1CCCCO1. The van der Waals surface area contributed by atoms with E-state index in [-0.39, 0.29) is 36.2 Å². The number of allylic oxidation sites excluding steroid dienone is 4. The highest BCUT2D eigenvalue weighted by Gasteiger charge is 2.43. The minimum absolute atomic E-state index is 0.0934. The van der Waals surface area contributed by atoms with Crippen molar-refractivity contribution in [3.63, 3.8) is 0 Å². The number of ether oxygens (including phenoxy) is 3. The molecule has 0 N–H and O–H groups in total. The summed E-state index contributed by atoms with van der Waals surface area (Å²) in [6.45, 7) is 4.36. The molecule has 0 bridgehead atoms. The Morgan fingerprint density at radius 1 is 1.21 bits per heavy atom. The maximum absolute atomic E-state index is 15.3. The van der Waals surface area contributed by atoms with Gasteiger partial charge in [0.1, 0.15) is 6.17 Å². The van der Waals surface area contributed by atoms with Gasteiger partial charge in [-0.05, 0) is 81.9 Å². The summed E-state index contributed by atoms with van der Waals surface area (Å²) in [5.74, 6) is -0.781. The van der Waals surface area contributed by atoms with Gasteiger partial charge < -0.3 is 14.2 Å². The lowest BCUT2D eigenvalue weighted by atomic mass is 9.90. The molecule has 1 aliphatic heterocycles. The zero-order valence-electron chi connectivity index (χ0n) is 22.4. The van der Waals surface area contributed by atoms with E-state index in [0.29, 0.717) is 37.2 Å². The van der Waals surface area contributed by atoms with Crippen molar-refractivity contribution in [1.29, 1.82) is 0 Å². The molecular formula is C31H39FO5S. The van der Waals surface area contributed by atoms with Crippen LogP contribution in [-0.2, 0) is 19.0 Å². The highest BCUT2D eigenvalue weighted by Crippen LogP contribution is 2.41.